The molecule has 0 aliphatic heterocycles. The topological polar surface area (TPSA) is 17.1 Å². The van der Waals surface area contributed by atoms with E-state index >= 15 is 0 Å². The van der Waals surface area contributed by atoms with Crippen LogP contribution in [0.2, 0.25) is 0 Å². The Labute approximate surface area is 63.1 Å². The van der Waals surface area contributed by atoms with Gasteiger partial charge in [0.15, 0.2) is 0 Å². The van der Waals surface area contributed by atoms with E-state index in [-0.39, 0.29) is 0 Å². The van der Waals surface area contributed by atoms with E-state index in [1.165, 1.54) is 18.4 Å². The molecular formula is C9H16O. The van der Waals surface area contributed by atoms with Gasteiger partial charge in [0, 0.05) is 6.42 Å². The highest BCUT2D eigenvalue weighted by Gasteiger charge is 1.86. The molecule has 1 nitrogen and oxygen atoms in total. The molecule has 0 aromatic carbocycles. The predicted octanol–water partition coefficient (Wildman–Crippen LogP) is 2.71. The monoisotopic (exact) mass is 140 g/mol. The van der Waals surface area contributed by atoms with E-state index < -0.39 is 0 Å². The van der Waals surface area contributed by atoms with Crippen molar-refractivity contribution in [3.63, 3.8) is 0 Å². The second-order valence-corrected chi connectivity index (χ2v) is 2.56. The lowest BCUT2D eigenvalue weighted by atomic mass is 10.1. The standard InChI is InChI=1S/C9H16O/c1-3-4-6-9(2)7-5-8-10/h7-8H,3-6H2,1-2H3. The molecule has 1 heteroatoms. The van der Waals surface area contributed by atoms with Crippen LogP contribution in [0.4, 0.5) is 0 Å². The van der Waals surface area contributed by atoms with Gasteiger partial charge in [0.1, 0.15) is 6.29 Å². The SMILES string of the molecule is CCCCC(C)=CCC=O. The lowest BCUT2D eigenvalue weighted by Crippen LogP contribution is -1.78. The summed E-state index contributed by atoms with van der Waals surface area (Å²) in [6.45, 7) is 4.26. The van der Waals surface area contributed by atoms with E-state index in [4.69, 9.17) is 0 Å². The molecule has 0 spiro atoms. The lowest BCUT2D eigenvalue weighted by molar-refractivity contribution is -0.107. The van der Waals surface area contributed by atoms with Crippen LogP contribution in [0.1, 0.15) is 39.5 Å². The zero-order valence-electron chi connectivity index (χ0n) is 6.89. The molecule has 0 aliphatic carbocycles. The minimum Gasteiger partial charge on any atom is -0.303 e. The highest BCUT2D eigenvalue weighted by Crippen LogP contribution is 2.05. The molecule has 0 rings (SSSR count). The van der Waals surface area contributed by atoms with Gasteiger partial charge in [-0.3, -0.25) is 0 Å². The molecule has 0 unspecified atom stereocenters. The van der Waals surface area contributed by atoms with Gasteiger partial charge in [-0.15, -0.1) is 0 Å². The Morgan fingerprint density at radius 1 is 1.50 bits per heavy atom. The van der Waals surface area contributed by atoms with E-state index in [0.717, 1.165) is 12.7 Å². The van der Waals surface area contributed by atoms with E-state index in [9.17, 15) is 4.79 Å². The normalized spacial score (nSPS) is 11.6. The summed E-state index contributed by atoms with van der Waals surface area (Å²) in [7, 11) is 0. The number of carbonyl (C=O) groups excluding carboxylic acids is 1. The fourth-order valence-corrected chi connectivity index (χ4v) is 0.807. The Kier molecular flexibility index (Phi) is 6.14. The van der Waals surface area contributed by atoms with Crippen molar-refractivity contribution >= 4 is 6.29 Å². The Bertz CT molecular complexity index is 114. The van der Waals surface area contributed by atoms with Gasteiger partial charge in [0.2, 0.25) is 0 Å². The van der Waals surface area contributed by atoms with Crippen molar-refractivity contribution < 1.29 is 4.79 Å². The third-order valence-electron chi connectivity index (χ3n) is 1.49. The van der Waals surface area contributed by atoms with Crippen LogP contribution in [0.15, 0.2) is 11.6 Å². The molecular weight excluding hydrogens is 124 g/mol. The summed E-state index contributed by atoms with van der Waals surface area (Å²) < 4.78 is 0. The van der Waals surface area contributed by atoms with Crippen LogP contribution in [-0.4, -0.2) is 6.29 Å². The van der Waals surface area contributed by atoms with Gasteiger partial charge in [-0.25, -0.2) is 0 Å². The van der Waals surface area contributed by atoms with Gasteiger partial charge < -0.3 is 4.79 Å². The van der Waals surface area contributed by atoms with E-state index in [1.807, 2.05) is 6.08 Å². The number of carbonyl (C=O) groups is 1. The van der Waals surface area contributed by atoms with Crippen molar-refractivity contribution in [3.8, 4) is 0 Å². The molecule has 0 atom stereocenters. The maximum absolute atomic E-state index is 9.94. The van der Waals surface area contributed by atoms with Crippen molar-refractivity contribution in [1.82, 2.24) is 0 Å². The molecule has 0 aliphatic rings. The number of allylic oxidation sites excluding steroid dienone is 2. The molecule has 10 heavy (non-hydrogen) atoms. The molecule has 0 N–H and O–H groups in total. The molecule has 0 aromatic heterocycles. The van der Waals surface area contributed by atoms with Gasteiger partial charge in [-0.2, -0.15) is 0 Å². The molecule has 0 fully saturated rings. The molecule has 0 amide bonds. The van der Waals surface area contributed by atoms with Crippen LogP contribution in [0.5, 0.6) is 0 Å². The number of hydrogen-bond acceptors (Lipinski definition) is 1. The summed E-state index contributed by atoms with van der Waals surface area (Å²) >= 11 is 0. The smallest absolute Gasteiger partial charge is 0.123 e. The average Bonchev–Trinajstić information content (AvgIpc) is 1.97. The molecule has 58 valence electrons. The Balaban J connectivity index is 3.38. The number of unbranched alkanes of at least 4 members (excludes halogenated alkanes) is 1. The maximum Gasteiger partial charge on any atom is 0.123 e. The fourth-order valence-electron chi connectivity index (χ4n) is 0.807. The summed E-state index contributed by atoms with van der Waals surface area (Å²) in [5.41, 5.74) is 1.34. The summed E-state index contributed by atoms with van der Waals surface area (Å²) in [6.07, 6.45) is 7.13. The Morgan fingerprint density at radius 2 is 2.20 bits per heavy atom. The second-order valence-electron chi connectivity index (χ2n) is 2.56. The van der Waals surface area contributed by atoms with Crippen LogP contribution in [0.25, 0.3) is 0 Å². The summed E-state index contributed by atoms with van der Waals surface area (Å²) in [5, 5.41) is 0. The first kappa shape index (κ1) is 9.41. The molecule has 0 saturated heterocycles. The van der Waals surface area contributed by atoms with Gasteiger partial charge in [-0.1, -0.05) is 25.0 Å². The molecule has 0 radical (unpaired) electrons. The van der Waals surface area contributed by atoms with Crippen molar-refractivity contribution in [3.05, 3.63) is 11.6 Å². The zero-order valence-corrected chi connectivity index (χ0v) is 6.89. The largest absolute Gasteiger partial charge is 0.303 e. The lowest BCUT2D eigenvalue weighted by Gasteiger charge is -1.96. The quantitative estimate of drug-likeness (QED) is 0.424. The van der Waals surface area contributed by atoms with Crippen molar-refractivity contribution in [2.75, 3.05) is 0 Å². The number of aldehydes is 1. The van der Waals surface area contributed by atoms with Crippen molar-refractivity contribution in [1.29, 1.82) is 0 Å². The first-order valence-corrected chi connectivity index (χ1v) is 3.90. The summed E-state index contributed by atoms with van der Waals surface area (Å²) in [5.74, 6) is 0. The first-order chi connectivity index (χ1) is 4.81. The van der Waals surface area contributed by atoms with Gasteiger partial charge >= 0.3 is 0 Å². The molecule has 0 heterocycles. The van der Waals surface area contributed by atoms with Crippen molar-refractivity contribution in [2.45, 2.75) is 39.5 Å². The Hall–Kier alpha value is -0.590. The van der Waals surface area contributed by atoms with E-state index in [0.29, 0.717) is 6.42 Å². The van der Waals surface area contributed by atoms with Crippen LogP contribution >= 0.6 is 0 Å². The molecule has 0 aromatic rings. The summed E-state index contributed by atoms with van der Waals surface area (Å²) in [6, 6.07) is 0. The van der Waals surface area contributed by atoms with Crippen LogP contribution < -0.4 is 0 Å². The van der Waals surface area contributed by atoms with E-state index in [1.54, 1.807) is 0 Å². The minimum atomic E-state index is 0.579. The fraction of sp³-hybridized carbons (Fsp3) is 0.667. The Morgan fingerprint density at radius 3 is 2.70 bits per heavy atom. The van der Waals surface area contributed by atoms with Gasteiger partial charge in [0.05, 0.1) is 0 Å². The summed E-state index contributed by atoms with van der Waals surface area (Å²) in [4.78, 5) is 9.94. The van der Waals surface area contributed by atoms with Crippen LogP contribution in [-0.2, 0) is 4.79 Å². The first-order valence-electron chi connectivity index (χ1n) is 3.90. The minimum absolute atomic E-state index is 0.579. The molecule has 0 bridgehead atoms. The average molecular weight is 140 g/mol. The van der Waals surface area contributed by atoms with Crippen molar-refractivity contribution in [2.24, 2.45) is 0 Å². The predicted molar refractivity (Wildman–Crippen MR) is 44.0 cm³/mol. The number of rotatable bonds is 5. The maximum atomic E-state index is 9.94. The van der Waals surface area contributed by atoms with Crippen LogP contribution in [0.3, 0.4) is 0 Å². The second kappa shape index (κ2) is 6.53. The van der Waals surface area contributed by atoms with Crippen LogP contribution in [0, 0.1) is 0 Å². The highest BCUT2D eigenvalue weighted by atomic mass is 16.1. The number of hydrogen-bond donors (Lipinski definition) is 0. The third kappa shape index (κ3) is 5.54. The third-order valence-corrected chi connectivity index (χ3v) is 1.49. The highest BCUT2D eigenvalue weighted by molar-refractivity contribution is 5.52. The van der Waals surface area contributed by atoms with Gasteiger partial charge in [-0.05, 0) is 19.8 Å². The van der Waals surface area contributed by atoms with E-state index in [2.05, 4.69) is 13.8 Å². The molecule has 0 saturated carbocycles. The zero-order chi connectivity index (χ0) is 7.82. The van der Waals surface area contributed by atoms with Gasteiger partial charge in [0.25, 0.3) is 0 Å².